The van der Waals surface area contributed by atoms with Crippen molar-refractivity contribution in [1.29, 1.82) is 5.26 Å². The molecular formula is C20H22N4O2. The lowest BCUT2D eigenvalue weighted by Crippen LogP contribution is -2.48. The summed E-state index contributed by atoms with van der Waals surface area (Å²) in [5, 5.41) is 14.2. The number of hydrogen-bond donors (Lipinski definition) is 2. The fourth-order valence-electron chi connectivity index (χ4n) is 3.42. The highest BCUT2D eigenvalue weighted by atomic mass is 16.2. The molecule has 1 aliphatic carbocycles. The van der Waals surface area contributed by atoms with E-state index >= 15 is 0 Å². The van der Waals surface area contributed by atoms with Crippen molar-refractivity contribution in [2.45, 2.75) is 31.7 Å². The van der Waals surface area contributed by atoms with Crippen LogP contribution in [0.3, 0.4) is 0 Å². The van der Waals surface area contributed by atoms with E-state index in [4.69, 9.17) is 5.26 Å². The van der Waals surface area contributed by atoms with E-state index in [-0.39, 0.29) is 30.3 Å². The van der Waals surface area contributed by atoms with Gasteiger partial charge in [0.1, 0.15) is 6.54 Å². The van der Waals surface area contributed by atoms with E-state index < -0.39 is 0 Å². The lowest BCUT2D eigenvalue weighted by atomic mass is 9.83. The summed E-state index contributed by atoms with van der Waals surface area (Å²) in [5.74, 6) is -0.603. The van der Waals surface area contributed by atoms with Crippen LogP contribution in [0.1, 0.15) is 36.0 Å². The van der Waals surface area contributed by atoms with Crippen LogP contribution in [-0.4, -0.2) is 29.0 Å². The molecule has 2 amide bonds. The summed E-state index contributed by atoms with van der Waals surface area (Å²) in [4.78, 5) is 24.8. The molecule has 0 unspecified atom stereocenters. The summed E-state index contributed by atoms with van der Waals surface area (Å²) in [5.41, 5.74) is 1.56. The van der Waals surface area contributed by atoms with Gasteiger partial charge in [0.15, 0.2) is 0 Å². The van der Waals surface area contributed by atoms with Crippen molar-refractivity contribution in [2.75, 3.05) is 6.54 Å². The molecule has 2 N–H and O–H groups in total. The van der Waals surface area contributed by atoms with Gasteiger partial charge in [0.05, 0.1) is 12.0 Å². The number of aromatic nitrogens is 1. The minimum atomic E-state index is -0.278. The summed E-state index contributed by atoms with van der Waals surface area (Å²) in [6.07, 6.45) is 7.35. The van der Waals surface area contributed by atoms with Gasteiger partial charge < -0.3 is 15.2 Å². The van der Waals surface area contributed by atoms with Gasteiger partial charge in [0.2, 0.25) is 5.91 Å². The normalized spacial score (nSPS) is 19.3. The second-order valence-corrected chi connectivity index (χ2v) is 6.48. The largest absolute Gasteiger partial charge is 0.349 e. The number of benzene rings is 1. The SMILES string of the molecule is N#CCNC(=O)[C@@H]1CCCC[C@@H]1NC(=O)c1ccc(-n2cccc2)cc1. The van der Waals surface area contributed by atoms with E-state index in [1.807, 2.05) is 47.3 Å². The third-order valence-corrected chi connectivity index (χ3v) is 4.79. The maximum atomic E-state index is 12.6. The van der Waals surface area contributed by atoms with E-state index in [9.17, 15) is 9.59 Å². The van der Waals surface area contributed by atoms with E-state index in [1.54, 1.807) is 12.1 Å². The molecule has 26 heavy (non-hydrogen) atoms. The number of carbonyl (C=O) groups excluding carboxylic acids is 2. The second-order valence-electron chi connectivity index (χ2n) is 6.48. The van der Waals surface area contributed by atoms with Crippen LogP contribution in [0.2, 0.25) is 0 Å². The van der Waals surface area contributed by atoms with Crippen LogP contribution in [0.5, 0.6) is 0 Å². The molecule has 3 rings (SSSR count). The molecule has 2 atom stereocenters. The number of nitriles is 1. The molecule has 2 aromatic rings. The monoisotopic (exact) mass is 350 g/mol. The van der Waals surface area contributed by atoms with Crippen LogP contribution in [-0.2, 0) is 4.79 Å². The predicted molar refractivity (Wildman–Crippen MR) is 97.6 cm³/mol. The lowest BCUT2D eigenvalue weighted by molar-refractivity contribution is -0.126. The molecular weight excluding hydrogens is 328 g/mol. The van der Waals surface area contributed by atoms with Crippen LogP contribution in [0.15, 0.2) is 48.8 Å². The predicted octanol–water partition coefficient (Wildman–Crippen LogP) is 2.41. The Morgan fingerprint density at radius 1 is 1.12 bits per heavy atom. The van der Waals surface area contributed by atoms with E-state index in [1.165, 1.54) is 0 Å². The molecule has 134 valence electrons. The zero-order valence-electron chi connectivity index (χ0n) is 14.5. The first-order valence-electron chi connectivity index (χ1n) is 8.88. The van der Waals surface area contributed by atoms with Gasteiger partial charge in [0, 0.05) is 29.7 Å². The maximum absolute atomic E-state index is 12.6. The molecule has 1 heterocycles. The van der Waals surface area contributed by atoms with E-state index in [2.05, 4.69) is 10.6 Å². The number of carbonyl (C=O) groups is 2. The second kappa shape index (κ2) is 8.34. The summed E-state index contributed by atoms with van der Waals surface area (Å²) >= 11 is 0. The Kier molecular flexibility index (Phi) is 5.69. The topological polar surface area (TPSA) is 86.9 Å². The summed E-state index contributed by atoms with van der Waals surface area (Å²) in [6, 6.07) is 13.0. The van der Waals surface area contributed by atoms with Crippen molar-refractivity contribution in [1.82, 2.24) is 15.2 Å². The number of nitrogens with zero attached hydrogens (tertiary/aromatic N) is 2. The molecule has 6 heteroatoms. The Morgan fingerprint density at radius 2 is 1.81 bits per heavy atom. The Bertz CT molecular complexity index is 790. The van der Waals surface area contributed by atoms with Gasteiger partial charge in [-0.1, -0.05) is 12.8 Å². The highest BCUT2D eigenvalue weighted by molar-refractivity contribution is 5.95. The Morgan fingerprint density at radius 3 is 2.50 bits per heavy atom. The third-order valence-electron chi connectivity index (χ3n) is 4.79. The van der Waals surface area contributed by atoms with Crippen LogP contribution < -0.4 is 10.6 Å². The Hall–Kier alpha value is -3.07. The Labute approximate surface area is 152 Å². The van der Waals surface area contributed by atoms with Gasteiger partial charge in [-0.15, -0.1) is 0 Å². The summed E-state index contributed by atoms with van der Waals surface area (Å²) < 4.78 is 1.97. The van der Waals surface area contributed by atoms with Gasteiger partial charge >= 0.3 is 0 Å². The molecule has 1 fully saturated rings. The van der Waals surface area contributed by atoms with Crippen molar-refractivity contribution in [2.24, 2.45) is 5.92 Å². The lowest BCUT2D eigenvalue weighted by Gasteiger charge is -2.31. The first-order valence-corrected chi connectivity index (χ1v) is 8.88. The quantitative estimate of drug-likeness (QED) is 0.812. The fraction of sp³-hybridized carbons (Fsp3) is 0.350. The van der Waals surface area contributed by atoms with Crippen LogP contribution in [0, 0.1) is 17.2 Å². The average Bonchev–Trinajstić information content (AvgIpc) is 3.21. The minimum Gasteiger partial charge on any atom is -0.349 e. The van der Waals surface area contributed by atoms with Crippen molar-refractivity contribution in [3.8, 4) is 11.8 Å². The van der Waals surface area contributed by atoms with Crippen molar-refractivity contribution < 1.29 is 9.59 Å². The van der Waals surface area contributed by atoms with Crippen LogP contribution in [0.25, 0.3) is 5.69 Å². The van der Waals surface area contributed by atoms with Gasteiger partial charge in [-0.25, -0.2) is 0 Å². The minimum absolute atomic E-state index is 0.00312. The molecule has 0 aliphatic heterocycles. The molecule has 0 radical (unpaired) electrons. The van der Waals surface area contributed by atoms with Gasteiger partial charge in [-0.3, -0.25) is 9.59 Å². The zero-order chi connectivity index (χ0) is 18.4. The van der Waals surface area contributed by atoms with Crippen molar-refractivity contribution in [3.05, 3.63) is 54.4 Å². The average molecular weight is 350 g/mol. The van der Waals surface area contributed by atoms with Crippen molar-refractivity contribution in [3.63, 3.8) is 0 Å². The first-order chi connectivity index (χ1) is 12.7. The van der Waals surface area contributed by atoms with Crippen LogP contribution >= 0.6 is 0 Å². The maximum Gasteiger partial charge on any atom is 0.251 e. The smallest absolute Gasteiger partial charge is 0.251 e. The van der Waals surface area contributed by atoms with E-state index in [0.29, 0.717) is 5.56 Å². The molecule has 1 aromatic heterocycles. The Balaban J connectivity index is 1.65. The standard InChI is InChI=1S/C20H22N4O2/c21-11-12-22-20(26)17-5-1-2-6-18(17)23-19(25)15-7-9-16(10-8-15)24-13-3-4-14-24/h3-4,7-10,13-14,17-18H,1-2,5-6,12H2,(H,22,26)(H,23,25)/t17-,18+/m1/s1. The molecule has 0 spiro atoms. The van der Waals surface area contributed by atoms with Gasteiger partial charge in [0.25, 0.3) is 5.91 Å². The fourth-order valence-corrected chi connectivity index (χ4v) is 3.42. The van der Waals surface area contributed by atoms with E-state index in [0.717, 1.165) is 31.4 Å². The number of rotatable bonds is 5. The molecule has 6 nitrogen and oxygen atoms in total. The molecule has 1 saturated carbocycles. The molecule has 1 aliphatic rings. The molecule has 0 saturated heterocycles. The van der Waals surface area contributed by atoms with Crippen LogP contribution in [0.4, 0.5) is 0 Å². The zero-order valence-corrected chi connectivity index (χ0v) is 14.5. The molecule has 0 bridgehead atoms. The van der Waals surface area contributed by atoms with Gasteiger partial charge in [-0.05, 0) is 49.2 Å². The number of amides is 2. The summed E-state index contributed by atoms with van der Waals surface area (Å²) in [7, 11) is 0. The summed E-state index contributed by atoms with van der Waals surface area (Å²) in [6.45, 7) is -0.00312. The highest BCUT2D eigenvalue weighted by Crippen LogP contribution is 2.25. The first kappa shape index (κ1) is 17.7. The third kappa shape index (κ3) is 4.12. The highest BCUT2D eigenvalue weighted by Gasteiger charge is 2.32. The van der Waals surface area contributed by atoms with Gasteiger partial charge in [-0.2, -0.15) is 5.26 Å². The number of nitrogens with one attached hydrogen (secondary N) is 2. The van der Waals surface area contributed by atoms with Crippen molar-refractivity contribution >= 4 is 11.8 Å². The molecule has 1 aromatic carbocycles. The number of hydrogen-bond acceptors (Lipinski definition) is 3.